The van der Waals surface area contributed by atoms with Gasteiger partial charge in [-0.15, -0.1) is 0 Å². The zero-order valence-corrected chi connectivity index (χ0v) is 13.7. The summed E-state index contributed by atoms with van der Waals surface area (Å²) in [5, 5.41) is 29.2. The normalized spacial score (nSPS) is 10.8. The Balaban J connectivity index is 2.12. The number of carboxylic acids is 1. The molecule has 1 amide bonds. The Morgan fingerprint density at radius 2 is 1.77 bits per heavy atom. The Hall–Kier alpha value is -3.84. The maximum Gasteiger partial charge on any atom is 0.303 e. The number of amides is 1. The highest BCUT2D eigenvalue weighted by atomic mass is 16.5. The number of benzene rings is 2. The molecule has 7 heteroatoms. The lowest BCUT2D eigenvalue weighted by Gasteiger charge is -2.20. The first-order valence-corrected chi connectivity index (χ1v) is 7.71. The molecule has 0 spiro atoms. The van der Waals surface area contributed by atoms with E-state index >= 15 is 0 Å². The molecule has 2 aromatic carbocycles. The molecule has 130 valence electrons. The fourth-order valence-corrected chi connectivity index (χ4v) is 2.14. The predicted octanol–water partition coefficient (Wildman–Crippen LogP) is 2.43. The van der Waals surface area contributed by atoms with E-state index in [0.29, 0.717) is 22.4 Å². The van der Waals surface area contributed by atoms with Crippen molar-refractivity contribution in [1.29, 1.82) is 10.5 Å². The molecule has 0 aromatic heterocycles. The summed E-state index contributed by atoms with van der Waals surface area (Å²) in [6.07, 6.45) is -1.03. The monoisotopic (exact) mass is 349 g/mol. The Morgan fingerprint density at radius 1 is 1.08 bits per heavy atom. The number of rotatable bonds is 7. The van der Waals surface area contributed by atoms with E-state index < -0.39 is 18.1 Å². The molecule has 7 nitrogen and oxygen atoms in total. The number of nitriles is 2. The summed E-state index contributed by atoms with van der Waals surface area (Å²) >= 11 is 0. The molecule has 0 saturated heterocycles. The minimum absolute atomic E-state index is 0.0497. The van der Waals surface area contributed by atoms with E-state index in [9.17, 15) is 9.59 Å². The topological polar surface area (TPSA) is 123 Å². The molecular formula is C19H15N3O4. The van der Waals surface area contributed by atoms with Crippen LogP contribution in [0.2, 0.25) is 0 Å². The van der Waals surface area contributed by atoms with Gasteiger partial charge in [-0.05, 0) is 42.5 Å². The van der Waals surface area contributed by atoms with Gasteiger partial charge >= 0.3 is 5.97 Å². The van der Waals surface area contributed by atoms with Crippen LogP contribution in [0.3, 0.4) is 0 Å². The van der Waals surface area contributed by atoms with Crippen LogP contribution in [0.15, 0.2) is 48.5 Å². The van der Waals surface area contributed by atoms with Gasteiger partial charge in [0.05, 0.1) is 29.7 Å². The number of aliphatic carboxylic acids is 1. The van der Waals surface area contributed by atoms with Crippen LogP contribution in [-0.2, 0) is 4.79 Å². The van der Waals surface area contributed by atoms with Crippen molar-refractivity contribution in [3.63, 3.8) is 0 Å². The first kappa shape index (κ1) is 18.5. The molecule has 1 unspecified atom stereocenters. The minimum atomic E-state index is -1.02. The summed E-state index contributed by atoms with van der Waals surface area (Å²) in [5.41, 5.74) is 1.13. The fourth-order valence-electron chi connectivity index (χ4n) is 2.14. The predicted molar refractivity (Wildman–Crippen MR) is 91.1 cm³/mol. The SMILES string of the molecule is N#Cc1ccc(C(=O)NC(CCC(=O)O)Oc2cccc(C#N)c2)cc1. The second-order valence-corrected chi connectivity index (χ2v) is 5.34. The number of nitrogens with one attached hydrogen (secondary N) is 1. The average Bonchev–Trinajstić information content (AvgIpc) is 2.66. The highest BCUT2D eigenvalue weighted by molar-refractivity contribution is 5.94. The number of hydrogen-bond donors (Lipinski definition) is 2. The number of hydrogen-bond acceptors (Lipinski definition) is 5. The number of ether oxygens (including phenoxy) is 1. The third-order valence-corrected chi connectivity index (χ3v) is 3.43. The second kappa shape index (κ2) is 8.86. The Morgan fingerprint density at radius 3 is 2.38 bits per heavy atom. The summed E-state index contributed by atoms with van der Waals surface area (Å²) in [7, 11) is 0. The summed E-state index contributed by atoms with van der Waals surface area (Å²) < 4.78 is 5.65. The van der Waals surface area contributed by atoms with E-state index in [1.807, 2.05) is 12.1 Å². The van der Waals surface area contributed by atoms with Gasteiger partial charge in [0.1, 0.15) is 5.75 Å². The molecule has 2 rings (SSSR count). The highest BCUT2D eigenvalue weighted by Gasteiger charge is 2.17. The maximum absolute atomic E-state index is 12.3. The van der Waals surface area contributed by atoms with Crippen LogP contribution in [-0.4, -0.2) is 23.2 Å². The maximum atomic E-state index is 12.3. The van der Waals surface area contributed by atoms with Crippen LogP contribution in [0.25, 0.3) is 0 Å². The van der Waals surface area contributed by atoms with Crippen molar-refractivity contribution in [2.45, 2.75) is 19.1 Å². The minimum Gasteiger partial charge on any atom is -0.481 e. The Bertz CT molecular complexity index is 879. The van der Waals surface area contributed by atoms with Gasteiger partial charge < -0.3 is 15.2 Å². The smallest absolute Gasteiger partial charge is 0.303 e. The van der Waals surface area contributed by atoms with Crippen LogP contribution in [0.1, 0.15) is 34.3 Å². The standard InChI is InChI=1S/C19H15N3O4/c20-11-13-4-6-15(7-5-13)19(25)22-17(8-9-18(23)24)26-16-3-1-2-14(10-16)12-21/h1-7,10,17H,8-9H2,(H,22,25)(H,23,24). The second-order valence-electron chi connectivity index (χ2n) is 5.34. The van der Waals surface area contributed by atoms with E-state index in [1.54, 1.807) is 18.2 Å². The van der Waals surface area contributed by atoms with Crippen LogP contribution < -0.4 is 10.1 Å². The van der Waals surface area contributed by atoms with Crippen LogP contribution >= 0.6 is 0 Å². The molecule has 0 fully saturated rings. The van der Waals surface area contributed by atoms with E-state index in [2.05, 4.69) is 5.32 Å². The summed E-state index contributed by atoms with van der Waals surface area (Å²) in [4.78, 5) is 23.2. The molecular weight excluding hydrogens is 334 g/mol. The number of carbonyl (C=O) groups excluding carboxylic acids is 1. The van der Waals surface area contributed by atoms with Crippen molar-refractivity contribution in [1.82, 2.24) is 5.32 Å². The Labute approximate surface area is 150 Å². The molecule has 0 heterocycles. The van der Waals surface area contributed by atoms with Crippen molar-refractivity contribution < 1.29 is 19.4 Å². The zero-order chi connectivity index (χ0) is 18.9. The molecule has 0 aliphatic carbocycles. The van der Waals surface area contributed by atoms with Crippen LogP contribution in [0, 0.1) is 22.7 Å². The Kier molecular flexibility index (Phi) is 6.30. The largest absolute Gasteiger partial charge is 0.481 e. The first-order chi connectivity index (χ1) is 12.5. The van der Waals surface area contributed by atoms with Crippen LogP contribution in [0.4, 0.5) is 0 Å². The van der Waals surface area contributed by atoms with Crippen molar-refractivity contribution in [3.05, 3.63) is 65.2 Å². The van der Waals surface area contributed by atoms with E-state index in [1.165, 1.54) is 30.3 Å². The summed E-state index contributed by atoms with van der Waals surface area (Å²) in [5.74, 6) is -1.13. The molecule has 26 heavy (non-hydrogen) atoms. The molecule has 2 N–H and O–H groups in total. The van der Waals surface area contributed by atoms with Crippen molar-refractivity contribution in [2.75, 3.05) is 0 Å². The molecule has 2 aromatic rings. The van der Waals surface area contributed by atoms with Crippen molar-refractivity contribution in [2.24, 2.45) is 0 Å². The van der Waals surface area contributed by atoms with E-state index in [0.717, 1.165) is 0 Å². The van der Waals surface area contributed by atoms with Gasteiger partial charge in [-0.3, -0.25) is 9.59 Å². The number of carboxylic acid groups (broad SMARTS) is 1. The number of carbonyl (C=O) groups is 2. The first-order valence-electron chi connectivity index (χ1n) is 7.71. The molecule has 0 aliphatic heterocycles. The summed E-state index contributed by atoms with van der Waals surface area (Å²) in [6.45, 7) is 0. The van der Waals surface area contributed by atoms with E-state index in [4.69, 9.17) is 20.4 Å². The van der Waals surface area contributed by atoms with Gasteiger partial charge in [-0.2, -0.15) is 10.5 Å². The van der Waals surface area contributed by atoms with Gasteiger partial charge in [0, 0.05) is 12.0 Å². The van der Waals surface area contributed by atoms with E-state index in [-0.39, 0.29) is 12.8 Å². The highest BCUT2D eigenvalue weighted by Crippen LogP contribution is 2.16. The number of nitrogens with zero attached hydrogens (tertiary/aromatic N) is 2. The lowest BCUT2D eigenvalue weighted by atomic mass is 10.1. The third kappa shape index (κ3) is 5.36. The van der Waals surface area contributed by atoms with Gasteiger partial charge in [0.2, 0.25) is 0 Å². The third-order valence-electron chi connectivity index (χ3n) is 3.43. The van der Waals surface area contributed by atoms with Gasteiger partial charge in [-0.1, -0.05) is 6.07 Å². The fraction of sp³-hybridized carbons (Fsp3) is 0.158. The van der Waals surface area contributed by atoms with Crippen molar-refractivity contribution in [3.8, 4) is 17.9 Å². The molecule has 0 aliphatic rings. The quantitative estimate of drug-likeness (QED) is 0.740. The summed E-state index contributed by atoms with van der Waals surface area (Å²) in [6, 6.07) is 16.3. The molecule has 0 bridgehead atoms. The average molecular weight is 349 g/mol. The van der Waals surface area contributed by atoms with Gasteiger partial charge in [0.25, 0.3) is 5.91 Å². The lowest BCUT2D eigenvalue weighted by Crippen LogP contribution is -2.39. The molecule has 1 atom stereocenters. The zero-order valence-electron chi connectivity index (χ0n) is 13.7. The molecule has 0 saturated carbocycles. The van der Waals surface area contributed by atoms with Gasteiger partial charge in [-0.25, -0.2) is 0 Å². The molecule has 0 radical (unpaired) electrons. The van der Waals surface area contributed by atoms with Crippen LogP contribution in [0.5, 0.6) is 5.75 Å². The lowest BCUT2D eigenvalue weighted by molar-refractivity contribution is -0.137. The van der Waals surface area contributed by atoms with Gasteiger partial charge in [0.15, 0.2) is 6.23 Å². The van der Waals surface area contributed by atoms with Crippen molar-refractivity contribution >= 4 is 11.9 Å².